The number of aryl methyl sites for hydroxylation is 2. The Morgan fingerprint density at radius 3 is 2.05 bits per heavy atom. The second kappa shape index (κ2) is 4.30. The Morgan fingerprint density at radius 2 is 1.50 bits per heavy atom. The molecule has 20 heavy (non-hydrogen) atoms. The summed E-state index contributed by atoms with van der Waals surface area (Å²) < 4.78 is 0. The van der Waals surface area contributed by atoms with Gasteiger partial charge >= 0.3 is 0 Å². The van der Waals surface area contributed by atoms with Crippen molar-refractivity contribution >= 4 is 22.1 Å². The third kappa shape index (κ3) is 1.72. The lowest BCUT2D eigenvalue weighted by Crippen LogP contribution is -2.04. The van der Waals surface area contributed by atoms with Crippen molar-refractivity contribution in [1.29, 1.82) is 0 Å². The number of H-pyrrole nitrogens is 1. The zero-order valence-electron chi connectivity index (χ0n) is 12.9. The SMILES string of the molecule is Cc1c2nn(C(C)C)nc2c(C)c2[nH]c(C(C)C)nc12. The smallest absolute Gasteiger partial charge is 0.118 e. The van der Waals surface area contributed by atoms with E-state index in [0.29, 0.717) is 5.92 Å². The summed E-state index contributed by atoms with van der Waals surface area (Å²) in [6, 6.07) is 0.263. The molecule has 1 aromatic carbocycles. The topological polar surface area (TPSA) is 59.4 Å². The van der Waals surface area contributed by atoms with Gasteiger partial charge in [-0.1, -0.05) is 13.8 Å². The van der Waals surface area contributed by atoms with E-state index in [1.54, 1.807) is 4.80 Å². The molecule has 0 radical (unpaired) electrons. The van der Waals surface area contributed by atoms with Crippen LogP contribution >= 0.6 is 0 Å². The molecule has 0 amide bonds. The van der Waals surface area contributed by atoms with Crippen LogP contribution in [-0.2, 0) is 0 Å². The molecule has 2 heterocycles. The third-order valence-electron chi connectivity index (χ3n) is 3.80. The molecule has 0 saturated heterocycles. The van der Waals surface area contributed by atoms with Crippen LogP contribution in [0.4, 0.5) is 0 Å². The molecule has 2 aromatic heterocycles. The molecule has 0 fully saturated rings. The second-order valence-corrected chi connectivity index (χ2v) is 6.06. The van der Waals surface area contributed by atoms with Crippen molar-refractivity contribution in [2.75, 3.05) is 0 Å². The zero-order chi connectivity index (χ0) is 14.6. The van der Waals surface area contributed by atoms with Crippen LogP contribution in [-0.4, -0.2) is 25.0 Å². The van der Waals surface area contributed by atoms with Gasteiger partial charge in [-0.2, -0.15) is 15.0 Å². The van der Waals surface area contributed by atoms with Gasteiger partial charge in [-0.15, -0.1) is 0 Å². The molecule has 0 aliphatic carbocycles. The summed E-state index contributed by atoms with van der Waals surface area (Å²) in [6.07, 6.45) is 0. The lowest BCUT2D eigenvalue weighted by Gasteiger charge is -2.00. The fraction of sp³-hybridized carbons (Fsp3) is 0.533. The van der Waals surface area contributed by atoms with Crippen LogP contribution in [0, 0.1) is 13.8 Å². The van der Waals surface area contributed by atoms with Crippen molar-refractivity contribution in [2.45, 2.75) is 53.5 Å². The van der Waals surface area contributed by atoms with Crippen LogP contribution < -0.4 is 0 Å². The fourth-order valence-corrected chi connectivity index (χ4v) is 2.50. The van der Waals surface area contributed by atoms with E-state index in [1.807, 2.05) is 0 Å². The van der Waals surface area contributed by atoms with E-state index in [4.69, 9.17) is 4.98 Å². The van der Waals surface area contributed by atoms with Gasteiger partial charge in [-0.3, -0.25) is 0 Å². The average Bonchev–Trinajstić information content (AvgIpc) is 3.00. The second-order valence-electron chi connectivity index (χ2n) is 6.06. The largest absolute Gasteiger partial charge is 0.341 e. The molecule has 0 aliphatic heterocycles. The third-order valence-corrected chi connectivity index (χ3v) is 3.80. The molecular weight excluding hydrogens is 250 g/mol. The minimum absolute atomic E-state index is 0.263. The minimum atomic E-state index is 0.263. The highest BCUT2D eigenvalue weighted by atomic mass is 15.5. The normalized spacial score (nSPS) is 12.4. The van der Waals surface area contributed by atoms with Crippen LogP contribution in [0.3, 0.4) is 0 Å². The number of hydrogen-bond acceptors (Lipinski definition) is 3. The number of aromatic nitrogens is 5. The Bertz CT molecular complexity index is 671. The van der Waals surface area contributed by atoms with Gasteiger partial charge in [-0.05, 0) is 27.7 Å². The van der Waals surface area contributed by atoms with Crippen LogP contribution in [0.5, 0.6) is 0 Å². The van der Waals surface area contributed by atoms with E-state index >= 15 is 0 Å². The van der Waals surface area contributed by atoms with E-state index in [9.17, 15) is 0 Å². The number of fused-ring (bicyclic) bond motifs is 2. The fourth-order valence-electron chi connectivity index (χ4n) is 2.50. The van der Waals surface area contributed by atoms with Gasteiger partial charge in [-0.25, -0.2) is 4.98 Å². The van der Waals surface area contributed by atoms with E-state index in [-0.39, 0.29) is 6.04 Å². The summed E-state index contributed by atoms with van der Waals surface area (Å²) in [5, 5.41) is 9.26. The molecule has 0 bridgehead atoms. The summed E-state index contributed by atoms with van der Waals surface area (Å²) in [5.74, 6) is 1.41. The highest BCUT2D eigenvalue weighted by molar-refractivity contribution is 5.98. The first-order chi connectivity index (χ1) is 9.40. The standard InChI is InChI=1S/C15H21N5/c1-7(2)15-16-11-9(5)13-14(10(6)12(11)17-15)19-20(18-13)8(3)4/h7-8H,1-6H3,(H,16,17). The Morgan fingerprint density at radius 1 is 0.900 bits per heavy atom. The summed E-state index contributed by atoms with van der Waals surface area (Å²) in [4.78, 5) is 9.98. The predicted octanol–water partition coefficient (Wildman–Crippen LogP) is 3.63. The predicted molar refractivity (Wildman–Crippen MR) is 81.1 cm³/mol. The summed E-state index contributed by atoms with van der Waals surface area (Å²) in [5.41, 5.74) is 6.29. The van der Waals surface area contributed by atoms with Crippen LogP contribution in [0.2, 0.25) is 0 Å². The number of imidazole rings is 1. The van der Waals surface area contributed by atoms with Gasteiger partial charge in [0, 0.05) is 17.0 Å². The molecule has 0 unspecified atom stereocenters. The van der Waals surface area contributed by atoms with Gasteiger partial charge in [0.15, 0.2) is 0 Å². The van der Waals surface area contributed by atoms with Crippen LogP contribution in [0.1, 0.15) is 56.6 Å². The van der Waals surface area contributed by atoms with Crippen molar-refractivity contribution in [3.05, 3.63) is 17.0 Å². The molecule has 3 rings (SSSR count). The van der Waals surface area contributed by atoms with Crippen molar-refractivity contribution < 1.29 is 0 Å². The quantitative estimate of drug-likeness (QED) is 0.774. The monoisotopic (exact) mass is 271 g/mol. The van der Waals surface area contributed by atoms with Crippen molar-refractivity contribution in [2.24, 2.45) is 0 Å². The molecule has 0 saturated carbocycles. The van der Waals surface area contributed by atoms with Gasteiger partial charge in [0.1, 0.15) is 16.9 Å². The van der Waals surface area contributed by atoms with Gasteiger partial charge < -0.3 is 4.98 Å². The van der Waals surface area contributed by atoms with Crippen LogP contribution in [0.15, 0.2) is 0 Å². The highest BCUT2D eigenvalue weighted by Gasteiger charge is 2.18. The van der Waals surface area contributed by atoms with Crippen molar-refractivity contribution in [3.63, 3.8) is 0 Å². The molecule has 106 valence electrons. The van der Waals surface area contributed by atoms with E-state index in [0.717, 1.165) is 39.0 Å². The highest BCUT2D eigenvalue weighted by Crippen LogP contribution is 2.30. The van der Waals surface area contributed by atoms with Gasteiger partial charge in [0.2, 0.25) is 0 Å². The summed E-state index contributed by atoms with van der Waals surface area (Å²) >= 11 is 0. The molecule has 3 aromatic rings. The Labute approximate surface area is 118 Å². The number of hydrogen-bond donors (Lipinski definition) is 1. The Kier molecular flexibility index (Phi) is 2.81. The molecule has 0 spiro atoms. The number of nitrogens with one attached hydrogen (secondary N) is 1. The average molecular weight is 271 g/mol. The minimum Gasteiger partial charge on any atom is -0.341 e. The summed E-state index contributed by atoms with van der Waals surface area (Å²) in [6.45, 7) is 12.6. The van der Waals surface area contributed by atoms with E-state index < -0.39 is 0 Å². The van der Waals surface area contributed by atoms with E-state index in [2.05, 4.69) is 56.7 Å². The molecule has 5 heteroatoms. The van der Waals surface area contributed by atoms with Crippen molar-refractivity contribution in [1.82, 2.24) is 25.0 Å². The van der Waals surface area contributed by atoms with Gasteiger partial charge in [0.25, 0.3) is 0 Å². The van der Waals surface area contributed by atoms with Crippen LogP contribution in [0.25, 0.3) is 22.1 Å². The van der Waals surface area contributed by atoms with Gasteiger partial charge in [0.05, 0.1) is 17.1 Å². The molecule has 5 nitrogen and oxygen atoms in total. The Hall–Kier alpha value is -1.91. The zero-order valence-corrected chi connectivity index (χ0v) is 12.9. The number of rotatable bonds is 2. The molecule has 1 N–H and O–H groups in total. The number of nitrogens with zero attached hydrogens (tertiary/aromatic N) is 4. The number of benzene rings is 1. The lowest BCUT2D eigenvalue weighted by molar-refractivity contribution is 0.472. The van der Waals surface area contributed by atoms with E-state index in [1.165, 1.54) is 0 Å². The van der Waals surface area contributed by atoms with Crippen molar-refractivity contribution in [3.8, 4) is 0 Å². The lowest BCUT2D eigenvalue weighted by atomic mass is 10.1. The number of aromatic amines is 1. The molecule has 0 aliphatic rings. The molecular formula is C15H21N5. The summed E-state index contributed by atoms with van der Waals surface area (Å²) in [7, 11) is 0. The first-order valence-electron chi connectivity index (χ1n) is 7.15. The Balaban J connectivity index is 2.39. The first-order valence-corrected chi connectivity index (χ1v) is 7.15. The molecule has 0 atom stereocenters. The maximum absolute atomic E-state index is 4.74. The maximum Gasteiger partial charge on any atom is 0.118 e. The first kappa shape index (κ1) is 13.1. The maximum atomic E-state index is 4.74.